The fourth-order valence-corrected chi connectivity index (χ4v) is 3.79. The molecule has 0 aliphatic heterocycles. The van der Waals surface area contributed by atoms with Crippen LogP contribution in [0, 0.1) is 5.92 Å². The number of carboxylic acid groups (broad SMARTS) is 1. The summed E-state index contributed by atoms with van der Waals surface area (Å²) < 4.78 is 10.6. The van der Waals surface area contributed by atoms with Crippen LogP contribution in [0.4, 0.5) is 4.79 Å². The summed E-state index contributed by atoms with van der Waals surface area (Å²) in [5.41, 5.74) is 3.47. The molecule has 0 fully saturated rings. The molecule has 1 aliphatic carbocycles. The molecule has 0 aromatic heterocycles. The van der Waals surface area contributed by atoms with Gasteiger partial charge in [0, 0.05) is 5.92 Å². The van der Waals surface area contributed by atoms with E-state index >= 15 is 0 Å². The summed E-state index contributed by atoms with van der Waals surface area (Å²) >= 11 is 0. The van der Waals surface area contributed by atoms with Crippen molar-refractivity contribution in [3.63, 3.8) is 0 Å². The number of amides is 1. The zero-order chi connectivity index (χ0) is 22.8. The summed E-state index contributed by atoms with van der Waals surface area (Å²) in [5.74, 6) is -4.02. The highest BCUT2D eigenvalue weighted by molar-refractivity contribution is 5.95. The van der Waals surface area contributed by atoms with Crippen molar-refractivity contribution in [2.75, 3.05) is 6.61 Å². The third-order valence-electron chi connectivity index (χ3n) is 5.12. The third-order valence-corrected chi connectivity index (χ3v) is 5.12. The van der Waals surface area contributed by atoms with Crippen molar-refractivity contribution in [3.05, 3.63) is 59.7 Å². The molecule has 31 heavy (non-hydrogen) atoms. The Balaban J connectivity index is 1.71. The van der Waals surface area contributed by atoms with Crippen LogP contribution < -0.4 is 5.32 Å². The Morgan fingerprint density at radius 3 is 2.00 bits per heavy atom. The van der Waals surface area contributed by atoms with Gasteiger partial charge in [-0.2, -0.15) is 0 Å². The van der Waals surface area contributed by atoms with Crippen molar-refractivity contribution in [2.45, 2.75) is 45.3 Å². The normalized spacial score (nSPS) is 14.7. The number of hydrogen-bond donors (Lipinski definition) is 2. The van der Waals surface area contributed by atoms with Crippen LogP contribution in [0.3, 0.4) is 0 Å². The molecule has 164 valence electrons. The second-order valence-corrected chi connectivity index (χ2v) is 8.61. The first kappa shape index (κ1) is 22.3. The highest BCUT2D eigenvalue weighted by Crippen LogP contribution is 2.44. The average molecular weight is 425 g/mol. The Bertz CT molecular complexity index is 948. The molecule has 7 heteroatoms. The highest BCUT2D eigenvalue weighted by Gasteiger charge is 2.37. The molecule has 0 unspecified atom stereocenters. The number of carboxylic acids is 1. The minimum Gasteiger partial charge on any atom is -0.481 e. The van der Waals surface area contributed by atoms with Crippen molar-refractivity contribution in [1.29, 1.82) is 0 Å². The van der Waals surface area contributed by atoms with Gasteiger partial charge >= 0.3 is 18.0 Å². The maximum Gasteiger partial charge on any atom is 0.407 e. The van der Waals surface area contributed by atoms with E-state index in [9.17, 15) is 19.5 Å². The zero-order valence-corrected chi connectivity index (χ0v) is 18.0. The van der Waals surface area contributed by atoms with Crippen LogP contribution in [0.5, 0.6) is 0 Å². The van der Waals surface area contributed by atoms with Gasteiger partial charge in [-0.3, -0.25) is 9.59 Å². The molecule has 0 saturated heterocycles. The van der Waals surface area contributed by atoms with E-state index in [4.69, 9.17) is 9.47 Å². The Kier molecular flexibility index (Phi) is 6.34. The minimum atomic E-state index is -1.56. The maximum absolute atomic E-state index is 12.7. The number of fused-ring (bicyclic) bond motifs is 3. The van der Waals surface area contributed by atoms with Gasteiger partial charge in [0.15, 0.2) is 5.92 Å². The molecule has 0 bridgehead atoms. The van der Waals surface area contributed by atoms with E-state index in [-0.39, 0.29) is 12.5 Å². The fraction of sp³-hybridized carbons (Fsp3) is 0.375. The summed E-state index contributed by atoms with van der Waals surface area (Å²) in [6, 6.07) is 14.7. The molecule has 2 N–H and O–H groups in total. The van der Waals surface area contributed by atoms with Gasteiger partial charge in [0.1, 0.15) is 12.2 Å². The quantitative estimate of drug-likeness (QED) is 0.537. The summed E-state index contributed by atoms with van der Waals surface area (Å²) in [6.07, 6.45) is -0.794. The van der Waals surface area contributed by atoms with Crippen molar-refractivity contribution in [2.24, 2.45) is 5.92 Å². The Labute approximate surface area is 181 Å². The topological polar surface area (TPSA) is 102 Å². The number of esters is 1. The second-order valence-electron chi connectivity index (χ2n) is 8.61. The van der Waals surface area contributed by atoms with Gasteiger partial charge in [-0.25, -0.2) is 4.79 Å². The molecule has 3 rings (SSSR count). The molecule has 0 saturated carbocycles. The lowest BCUT2D eigenvalue weighted by atomic mass is 9.97. The average Bonchev–Trinajstić information content (AvgIpc) is 2.98. The smallest absolute Gasteiger partial charge is 0.407 e. The molecule has 2 aromatic carbocycles. The first-order valence-corrected chi connectivity index (χ1v) is 10.2. The number of aliphatic carboxylic acids is 1. The fourth-order valence-electron chi connectivity index (χ4n) is 3.79. The molecular formula is C24H27NO6. The lowest BCUT2D eigenvalue weighted by Gasteiger charge is -2.24. The van der Waals surface area contributed by atoms with E-state index in [0.717, 1.165) is 22.3 Å². The maximum atomic E-state index is 12.7. The molecule has 0 spiro atoms. The molecule has 0 heterocycles. The van der Waals surface area contributed by atoms with E-state index in [2.05, 4.69) is 5.32 Å². The van der Waals surface area contributed by atoms with Crippen LogP contribution in [0.2, 0.25) is 0 Å². The van der Waals surface area contributed by atoms with Gasteiger partial charge in [0.2, 0.25) is 0 Å². The molecule has 2 aromatic rings. The van der Waals surface area contributed by atoms with Crippen LogP contribution >= 0.6 is 0 Å². The molecule has 0 radical (unpaired) electrons. The first-order valence-electron chi connectivity index (χ1n) is 10.2. The van der Waals surface area contributed by atoms with Crippen molar-refractivity contribution >= 4 is 18.0 Å². The first-order chi connectivity index (χ1) is 14.6. The van der Waals surface area contributed by atoms with Crippen LogP contribution in [0.15, 0.2) is 48.5 Å². The van der Waals surface area contributed by atoms with E-state index in [1.165, 1.54) is 6.92 Å². The zero-order valence-electron chi connectivity index (χ0n) is 18.0. The number of benzene rings is 2. The number of carbonyl (C=O) groups is 3. The van der Waals surface area contributed by atoms with Crippen molar-refractivity contribution in [3.8, 4) is 11.1 Å². The molecular weight excluding hydrogens is 398 g/mol. The number of ether oxygens (including phenoxy) is 2. The summed E-state index contributed by atoms with van der Waals surface area (Å²) in [6.45, 7) is 6.52. The van der Waals surface area contributed by atoms with E-state index in [1.54, 1.807) is 20.8 Å². The molecule has 1 amide bonds. The van der Waals surface area contributed by atoms with E-state index in [1.807, 2.05) is 48.5 Å². The minimum absolute atomic E-state index is 0.00972. The number of nitrogens with one attached hydrogen (secondary N) is 1. The lowest BCUT2D eigenvalue weighted by Crippen LogP contribution is -2.47. The van der Waals surface area contributed by atoms with Crippen LogP contribution in [-0.4, -0.2) is 41.4 Å². The van der Waals surface area contributed by atoms with Gasteiger partial charge in [-0.1, -0.05) is 48.5 Å². The predicted molar refractivity (Wildman–Crippen MR) is 115 cm³/mol. The largest absolute Gasteiger partial charge is 0.481 e. The molecule has 1 aliphatic rings. The number of rotatable bonds is 6. The van der Waals surface area contributed by atoms with Crippen molar-refractivity contribution < 1.29 is 29.0 Å². The summed E-state index contributed by atoms with van der Waals surface area (Å²) in [7, 11) is 0. The Hall–Kier alpha value is -3.35. The van der Waals surface area contributed by atoms with Gasteiger partial charge in [-0.05, 0) is 49.9 Å². The number of carbonyl (C=O) groups excluding carboxylic acids is 2. The highest BCUT2D eigenvalue weighted by atomic mass is 16.6. The van der Waals surface area contributed by atoms with Crippen molar-refractivity contribution in [1.82, 2.24) is 5.32 Å². The number of alkyl carbamates (subject to hydrolysis) is 1. The molecule has 7 nitrogen and oxygen atoms in total. The summed E-state index contributed by atoms with van der Waals surface area (Å²) in [5, 5.41) is 12.0. The van der Waals surface area contributed by atoms with Crippen LogP contribution in [0.1, 0.15) is 44.7 Å². The van der Waals surface area contributed by atoms with Crippen LogP contribution in [-0.2, 0) is 19.1 Å². The summed E-state index contributed by atoms with van der Waals surface area (Å²) in [4.78, 5) is 36.4. The van der Waals surface area contributed by atoms with Crippen LogP contribution in [0.25, 0.3) is 11.1 Å². The standard InChI is InChI=1S/C24H27NO6/c1-14(25-23(29)31-24(2,3)4)20(21(26)27)22(28)30-13-19-17-11-7-5-9-15(17)16-10-6-8-12-18(16)19/h5-12,14,19-20H,13H2,1-4H3,(H,25,29)(H,26,27)/t14-,20+/m0/s1. The van der Waals surface area contributed by atoms with Gasteiger partial charge < -0.3 is 19.9 Å². The van der Waals surface area contributed by atoms with Gasteiger partial charge in [0.05, 0.1) is 6.04 Å². The second kappa shape index (κ2) is 8.79. The van der Waals surface area contributed by atoms with E-state index in [0.29, 0.717) is 0 Å². The Morgan fingerprint density at radius 1 is 1.00 bits per heavy atom. The lowest BCUT2D eigenvalue weighted by molar-refractivity contribution is -0.160. The van der Waals surface area contributed by atoms with E-state index < -0.39 is 35.6 Å². The molecule has 2 atom stereocenters. The van der Waals surface area contributed by atoms with Gasteiger partial charge in [0.25, 0.3) is 0 Å². The SMILES string of the molecule is C[C@H](NC(=O)OC(C)(C)C)[C@H](C(=O)O)C(=O)OCC1c2ccccc2-c2ccccc21. The monoisotopic (exact) mass is 425 g/mol. The predicted octanol–water partition coefficient (Wildman–Crippen LogP) is 3.96. The Morgan fingerprint density at radius 2 is 1.52 bits per heavy atom. The number of hydrogen-bond acceptors (Lipinski definition) is 5. The van der Waals surface area contributed by atoms with Gasteiger partial charge in [-0.15, -0.1) is 0 Å². The third kappa shape index (κ3) is 5.05.